The molecule has 1 aromatic rings. The van der Waals surface area contributed by atoms with Gasteiger partial charge in [-0.2, -0.15) is 0 Å². The maximum atomic E-state index is 13.0. The van der Waals surface area contributed by atoms with Gasteiger partial charge in [0.05, 0.1) is 18.6 Å². The number of benzene rings is 1. The maximum absolute atomic E-state index is 13.0. The van der Waals surface area contributed by atoms with E-state index in [0.29, 0.717) is 19.8 Å². The highest BCUT2D eigenvalue weighted by molar-refractivity contribution is 5.33. The fourth-order valence-electron chi connectivity index (χ4n) is 1.87. The minimum Gasteiger partial charge on any atom is -0.379 e. The van der Waals surface area contributed by atoms with Gasteiger partial charge in [0, 0.05) is 19.0 Å². The van der Waals surface area contributed by atoms with E-state index in [4.69, 9.17) is 10.5 Å². The molecule has 2 nitrogen and oxygen atoms in total. The second kappa shape index (κ2) is 3.79. The first-order valence-electron chi connectivity index (χ1n) is 5.25. The summed E-state index contributed by atoms with van der Waals surface area (Å²) in [6, 6.07) is 6.38. The monoisotopic (exact) mass is 227 g/mol. The molecule has 88 valence electrons. The molecule has 1 heterocycles. The summed E-state index contributed by atoms with van der Waals surface area (Å²) in [5.74, 6) is -2.79. The predicted molar refractivity (Wildman–Crippen MR) is 57.6 cm³/mol. The summed E-state index contributed by atoms with van der Waals surface area (Å²) >= 11 is 0. The van der Waals surface area contributed by atoms with Gasteiger partial charge in [-0.15, -0.1) is 0 Å². The summed E-state index contributed by atoms with van der Waals surface area (Å²) in [4.78, 5) is 0. The molecule has 0 bridgehead atoms. The predicted octanol–water partition coefficient (Wildman–Crippen LogP) is 2.02. The minimum absolute atomic E-state index is 0.0312. The van der Waals surface area contributed by atoms with Gasteiger partial charge in [-0.05, 0) is 5.56 Å². The zero-order chi connectivity index (χ0) is 11.8. The molecule has 0 unspecified atom stereocenters. The van der Waals surface area contributed by atoms with Crippen LogP contribution in [0.4, 0.5) is 8.78 Å². The molecule has 2 rings (SSSR count). The van der Waals surface area contributed by atoms with E-state index in [2.05, 4.69) is 0 Å². The third-order valence-corrected chi connectivity index (χ3v) is 3.15. The molecule has 0 amide bonds. The van der Waals surface area contributed by atoms with Crippen molar-refractivity contribution in [1.82, 2.24) is 0 Å². The van der Waals surface area contributed by atoms with Crippen LogP contribution >= 0.6 is 0 Å². The standard InChI is InChI=1S/C12H15F2NO/c1-11(13,14)9-2-4-10(5-3-9)12(6-15)7-16-8-12/h2-5H,6-8,15H2,1H3. The Labute approximate surface area is 93.4 Å². The van der Waals surface area contributed by atoms with Crippen molar-refractivity contribution in [3.63, 3.8) is 0 Å². The third-order valence-electron chi connectivity index (χ3n) is 3.15. The second-order valence-electron chi connectivity index (χ2n) is 4.44. The Morgan fingerprint density at radius 2 is 1.88 bits per heavy atom. The Morgan fingerprint density at radius 3 is 2.19 bits per heavy atom. The molecule has 1 saturated heterocycles. The van der Waals surface area contributed by atoms with E-state index in [1.165, 1.54) is 12.1 Å². The molecule has 0 aliphatic carbocycles. The van der Waals surface area contributed by atoms with Crippen LogP contribution in [0.25, 0.3) is 0 Å². The zero-order valence-corrected chi connectivity index (χ0v) is 9.17. The highest BCUT2D eigenvalue weighted by Gasteiger charge is 2.39. The van der Waals surface area contributed by atoms with Crippen LogP contribution in [0.3, 0.4) is 0 Å². The van der Waals surface area contributed by atoms with Crippen LogP contribution in [0, 0.1) is 0 Å². The quantitative estimate of drug-likeness (QED) is 0.857. The van der Waals surface area contributed by atoms with Gasteiger partial charge in [-0.25, -0.2) is 8.78 Å². The number of halogens is 2. The Kier molecular flexibility index (Phi) is 2.72. The van der Waals surface area contributed by atoms with Crippen LogP contribution in [0.2, 0.25) is 0 Å². The normalized spacial score (nSPS) is 19.2. The summed E-state index contributed by atoms with van der Waals surface area (Å²) < 4.78 is 31.2. The van der Waals surface area contributed by atoms with Crippen molar-refractivity contribution in [2.75, 3.05) is 19.8 Å². The zero-order valence-electron chi connectivity index (χ0n) is 9.17. The number of alkyl halides is 2. The Bertz CT molecular complexity index is 360. The molecule has 1 fully saturated rings. The molecule has 1 aliphatic rings. The minimum atomic E-state index is -2.79. The molecule has 1 aliphatic heterocycles. The summed E-state index contributed by atoms with van der Waals surface area (Å²) in [5, 5.41) is 0. The van der Waals surface area contributed by atoms with Gasteiger partial charge in [-0.3, -0.25) is 0 Å². The SMILES string of the molecule is CC(F)(F)c1ccc(C2(CN)COC2)cc1. The summed E-state index contributed by atoms with van der Waals surface area (Å²) in [6.07, 6.45) is 0. The van der Waals surface area contributed by atoms with Gasteiger partial charge in [0.15, 0.2) is 0 Å². The number of nitrogens with two attached hydrogens (primary N) is 1. The van der Waals surface area contributed by atoms with Crippen molar-refractivity contribution in [2.45, 2.75) is 18.3 Å². The van der Waals surface area contributed by atoms with Gasteiger partial charge in [-0.1, -0.05) is 24.3 Å². The highest BCUT2D eigenvalue weighted by Crippen LogP contribution is 2.33. The molecule has 0 spiro atoms. The fraction of sp³-hybridized carbons (Fsp3) is 0.500. The van der Waals surface area contributed by atoms with E-state index in [0.717, 1.165) is 12.5 Å². The highest BCUT2D eigenvalue weighted by atomic mass is 19.3. The number of rotatable bonds is 3. The Hall–Kier alpha value is -1.00. The van der Waals surface area contributed by atoms with Gasteiger partial charge >= 0.3 is 0 Å². The van der Waals surface area contributed by atoms with Gasteiger partial charge < -0.3 is 10.5 Å². The topological polar surface area (TPSA) is 35.2 Å². The Morgan fingerprint density at radius 1 is 1.31 bits per heavy atom. The van der Waals surface area contributed by atoms with Crippen molar-refractivity contribution >= 4 is 0 Å². The van der Waals surface area contributed by atoms with Crippen molar-refractivity contribution < 1.29 is 13.5 Å². The van der Waals surface area contributed by atoms with Crippen LogP contribution in [0.15, 0.2) is 24.3 Å². The lowest BCUT2D eigenvalue weighted by molar-refractivity contribution is -0.0551. The van der Waals surface area contributed by atoms with Crippen molar-refractivity contribution in [3.8, 4) is 0 Å². The van der Waals surface area contributed by atoms with Crippen LogP contribution in [-0.2, 0) is 16.1 Å². The van der Waals surface area contributed by atoms with E-state index < -0.39 is 5.92 Å². The van der Waals surface area contributed by atoms with Gasteiger partial charge in [0.25, 0.3) is 5.92 Å². The van der Waals surface area contributed by atoms with Crippen molar-refractivity contribution in [2.24, 2.45) is 5.73 Å². The first kappa shape index (κ1) is 11.5. The van der Waals surface area contributed by atoms with Crippen molar-refractivity contribution in [1.29, 1.82) is 0 Å². The molecule has 2 N–H and O–H groups in total. The average molecular weight is 227 g/mol. The molecule has 0 atom stereocenters. The number of ether oxygens (including phenoxy) is 1. The van der Waals surface area contributed by atoms with Crippen LogP contribution < -0.4 is 5.73 Å². The van der Waals surface area contributed by atoms with Crippen LogP contribution in [0.1, 0.15) is 18.1 Å². The molecule has 1 aromatic carbocycles. The van der Waals surface area contributed by atoms with Crippen molar-refractivity contribution in [3.05, 3.63) is 35.4 Å². The van der Waals surface area contributed by atoms with E-state index in [1.54, 1.807) is 12.1 Å². The third kappa shape index (κ3) is 1.83. The average Bonchev–Trinajstić information content (AvgIpc) is 2.16. The summed E-state index contributed by atoms with van der Waals surface area (Å²) in [5.41, 5.74) is 6.54. The Balaban J connectivity index is 2.26. The smallest absolute Gasteiger partial charge is 0.270 e. The molecular weight excluding hydrogens is 212 g/mol. The molecule has 0 aromatic heterocycles. The lowest BCUT2D eigenvalue weighted by Gasteiger charge is -2.41. The van der Waals surface area contributed by atoms with E-state index in [-0.39, 0.29) is 11.0 Å². The lowest BCUT2D eigenvalue weighted by atomic mass is 9.78. The first-order chi connectivity index (χ1) is 7.48. The molecule has 16 heavy (non-hydrogen) atoms. The summed E-state index contributed by atoms with van der Waals surface area (Å²) in [6.45, 7) is 2.53. The number of hydrogen-bond donors (Lipinski definition) is 1. The van der Waals surface area contributed by atoms with Crippen LogP contribution in [0.5, 0.6) is 0 Å². The first-order valence-corrected chi connectivity index (χ1v) is 5.25. The van der Waals surface area contributed by atoms with E-state index in [1.807, 2.05) is 0 Å². The lowest BCUT2D eigenvalue weighted by Crippen LogP contribution is -2.52. The molecular formula is C12H15F2NO. The number of hydrogen-bond acceptors (Lipinski definition) is 2. The summed E-state index contributed by atoms with van der Waals surface area (Å²) in [7, 11) is 0. The molecule has 0 saturated carbocycles. The van der Waals surface area contributed by atoms with E-state index >= 15 is 0 Å². The molecule has 4 heteroatoms. The second-order valence-corrected chi connectivity index (χ2v) is 4.44. The largest absolute Gasteiger partial charge is 0.379 e. The maximum Gasteiger partial charge on any atom is 0.270 e. The fourth-order valence-corrected chi connectivity index (χ4v) is 1.87. The molecule has 0 radical (unpaired) electrons. The van der Waals surface area contributed by atoms with Crippen LogP contribution in [-0.4, -0.2) is 19.8 Å². The van der Waals surface area contributed by atoms with E-state index in [9.17, 15) is 8.78 Å². The van der Waals surface area contributed by atoms with Gasteiger partial charge in [0.1, 0.15) is 0 Å². The van der Waals surface area contributed by atoms with Gasteiger partial charge in [0.2, 0.25) is 0 Å².